The van der Waals surface area contributed by atoms with Crippen molar-refractivity contribution in [2.24, 2.45) is 0 Å². The van der Waals surface area contributed by atoms with Gasteiger partial charge in [-0.05, 0) is 38.5 Å². The Labute approximate surface area is 129 Å². The lowest BCUT2D eigenvalue weighted by atomic mass is 10.1. The zero-order valence-corrected chi connectivity index (χ0v) is 13.4. The molecule has 0 aromatic rings. The number of unbranched alkanes of at least 4 members (excludes halogenated alkanes) is 11. The van der Waals surface area contributed by atoms with Crippen LogP contribution in [-0.4, -0.2) is 17.4 Å². The van der Waals surface area contributed by atoms with Crippen LogP contribution in [0.15, 0.2) is 12.2 Å². The van der Waals surface area contributed by atoms with E-state index in [1.807, 2.05) is 0 Å². The highest BCUT2D eigenvalue weighted by atomic mass is 16.4. The minimum absolute atomic E-state index is 0.304. The molecular weight excluding hydrogens is 264 g/mol. The van der Waals surface area contributed by atoms with Gasteiger partial charge in [-0.15, -0.1) is 0 Å². The van der Waals surface area contributed by atoms with E-state index in [9.17, 15) is 9.59 Å². The van der Waals surface area contributed by atoms with Crippen molar-refractivity contribution >= 4 is 12.3 Å². The molecular formula is C18H32O3. The zero-order chi connectivity index (χ0) is 15.6. The standard InChI is InChI=1S/C18H32O3/c19-17-15-13-11-9-7-5-3-1-2-4-6-8-10-12-14-16-18(20)21/h4,6,17H,1-3,5,7-16H2,(H,20,21)/b6-4+. The van der Waals surface area contributed by atoms with E-state index in [1.165, 1.54) is 44.9 Å². The summed E-state index contributed by atoms with van der Waals surface area (Å²) in [5.74, 6) is -0.686. The second kappa shape index (κ2) is 16.9. The van der Waals surface area contributed by atoms with Gasteiger partial charge in [0.25, 0.3) is 0 Å². The summed E-state index contributed by atoms with van der Waals surface area (Å²) in [4.78, 5) is 20.5. The second-order valence-electron chi connectivity index (χ2n) is 5.68. The van der Waals surface area contributed by atoms with Gasteiger partial charge in [-0.1, -0.05) is 50.7 Å². The molecule has 1 N–H and O–H groups in total. The lowest BCUT2D eigenvalue weighted by Gasteiger charge is -1.99. The molecule has 3 heteroatoms. The normalized spacial score (nSPS) is 11.0. The SMILES string of the molecule is O=CCCCCCCCCC/C=C/CCCCCC(=O)O. The van der Waals surface area contributed by atoms with E-state index < -0.39 is 5.97 Å². The quantitative estimate of drug-likeness (QED) is 0.239. The first-order valence-electron chi connectivity index (χ1n) is 8.58. The van der Waals surface area contributed by atoms with Gasteiger partial charge in [0.1, 0.15) is 6.29 Å². The number of carbonyl (C=O) groups excluding carboxylic acids is 1. The van der Waals surface area contributed by atoms with Gasteiger partial charge < -0.3 is 9.90 Å². The molecule has 0 aromatic heterocycles. The molecule has 0 spiro atoms. The van der Waals surface area contributed by atoms with Crippen LogP contribution in [0, 0.1) is 0 Å². The highest BCUT2D eigenvalue weighted by molar-refractivity contribution is 5.66. The predicted octanol–water partition coefficient (Wildman–Crippen LogP) is 5.29. The Morgan fingerprint density at radius 1 is 0.667 bits per heavy atom. The van der Waals surface area contributed by atoms with Crippen molar-refractivity contribution in [3.63, 3.8) is 0 Å². The number of carbonyl (C=O) groups is 2. The Bertz CT molecular complexity index is 272. The first kappa shape index (κ1) is 19.9. The van der Waals surface area contributed by atoms with Crippen molar-refractivity contribution < 1.29 is 14.7 Å². The van der Waals surface area contributed by atoms with Crippen LogP contribution in [0.1, 0.15) is 89.9 Å². The molecule has 0 unspecified atom stereocenters. The van der Waals surface area contributed by atoms with Gasteiger partial charge in [-0.3, -0.25) is 4.79 Å². The van der Waals surface area contributed by atoms with Gasteiger partial charge in [0, 0.05) is 12.8 Å². The van der Waals surface area contributed by atoms with Gasteiger partial charge in [0.05, 0.1) is 0 Å². The Morgan fingerprint density at radius 2 is 1.10 bits per heavy atom. The monoisotopic (exact) mass is 296 g/mol. The van der Waals surface area contributed by atoms with Crippen LogP contribution in [0.2, 0.25) is 0 Å². The summed E-state index contributed by atoms with van der Waals surface area (Å²) in [6, 6.07) is 0. The van der Waals surface area contributed by atoms with Crippen molar-refractivity contribution in [3.05, 3.63) is 12.2 Å². The number of aliphatic carboxylic acids is 1. The molecule has 122 valence electrons. The number of carboxylic acids is 1. The summed E-state index contributed by atoms with van der Waals surface area (Å²) < 4.78 is 0. The van der Waals surface area contributed by atoms with E-state index in [2.05, 4.69) is 12.2 Å². The topological polar surface area (TPSA) is 54.4 Å². The minimum Gasteiger partial charge on any atom is -0.481 e. The van der Waals surface area contributed by atoms with E-state index in [4.69, 9.17) is 5.11 Å². The maximum absolute atomic E-state index is 10.3. The number of aldehydes is 1. The molecule has 0 fully saturated rings. The summed E-state index contributed by atoms with van der Waals surface area (Å²) in [5.41, 5.74) is 0. The Morgan fingerprint density at radius 3 is 1.57 bits per heavy atom. The summed E-state index contributed by atoms with van der Waals surface area (Å²) in [7, 11) is 0. The van der Waals surface area contributed by atoms with E-state index >= 15 is 0 Å². The second-order valence-corrected chi connectivity index (χ2v) is 5.68. The molecule has 0 bridgehead atoms. The number of hydrogen-bond donors (Lipinski definition) is 1. The number of hydrogen-bond acceptors (Lipinski definition) is 2. The van der Waals surface area contributed by atoms with E-state index in [0.717, 1.165) is 44.8 Å². The molecule has 0 rings (SSSR count). The molecule has 0 aromatic carbocycles. The van der Waals surface area contributed by atoms with E-state index in [1.54, 1.807) is 0 Å². The number of rotatable bonds is 16. The summed E-state index contributed by atoms with van der Waals surface area (Å²) >= 11 is 0. The van der Waals surface area contributed by atoms with Crippen LogP contribution in [-0.2, 0) is 9.59 Å². The highest BCUT2D eigenvalue weighted by Gasteiger charge is 1.95. The van der Waals surface area contributed by atoms with Crippen molar-refractivity contribution in [3.8, 4) is 0 Å². The van der Waals surface area contributed by atoms with Crippen molar-refractivity contribution in [2.45, 2.75) is 89.9 Å². The average molecular weight is 296 g/mol. The number of allylic oxidation sites excluding steroid dienone is 2. The lowest BCUT2D eigenvalue weighted by Crippen LogP contribution is -1.93. The highest BCUT2D eigenvalue weighted by Crippen LogP contribution is 2.10. The third-order valence-electron chi connectivity index (χ3n) is 3.62. The Balaban J connectivity index is 3.08. The summed E-state index contributed by atoms with van der Waals surface area (Å²) in [5, 5.41) is 8.50. The molecule has 0 heterocycles. The Hall–Kier alpha value is -1.12. The maximum atomic E-state index is 10.3. The molecule has 0 radical (unpaired) electrons. The van der Waals surface area contributed by atoms with Crippen LogP contribution >= 0.6 is 0 Å². The van der Waals surface area contributed by atoms with Crippen LogP contribution in [0.3, 0.4) is 0 Å². The maximum Gasteiger partial charge on any atom is 0.303 e. The first-order valence-corrected chi connectivity index (χ1v) is 8.58. The molecule has 0 saturated carbocycles. The molecule has 0 saturated heterocycles. The van der Waals surface area contributed by atoms with Gasteiger partial charge in [-0.2, -0.15) is 0 Å². The van der Waals surface area contributed by atoms with Crippen LogP contribution in [0.5, 0.6) is 0 Å². The van der Waals surface area contributed by atoms with E-state index in [-0.39, 0.29) is 0 Å². The fourth-order valence-corrected chi connectivity index (χ4v) is 2.32. The molecule has 0 aliphatic heterocycles. The van der Waals surface area contributed by atoms with Gasteiger partial charge in [0.15, 0.2) is 0 Å². The van der Waals surface area contributed by atoms with Gasteiger partial charge in [0.2, 0.25) is 0 Å². The van der Waals surface area contributed by atoms with Crippen molar-refractivity contribution in [1.82, 2.24) is 0 Å². The van der Waals surface area contributed by atoms with Gasteiger partial charge in [-0.25, -0.2) is 0 Å². The van der Waals surface area contributed by atoms with Crippen molar-refractivity contribution in [1.29, 1.82) is 0 Å². The molecule has 0 atom stereocenters. The predicted molar refractivity (Wildman–Crippen MR) is 87.5 cm³/mol. The lowest BCUT2D eigenvalue weighted by molar-refractivity contribution is -0.137. The fourth-order valence-electron chi connectivity index (χ4n) is 2.32. The van der Waals surface area contributed by atoms with Crippen LogP contribution < -0.4 is 0 Å². The Kier molecular flexibility index (Phi) is 16.0. The summed E-state index contributed by atoms with van der Waals surface area (Å²) in [6.45, 7) is 0. The fraction of sp³-hybridized carbons (Fsp3) is 0.778. The third-order valence-corrected chi connectivity index (χ3v) is 3.62. The van der Waals surface area contributed by atoms with E-state index in [0.29, 0.717) is 6.42 Å². The average Bonchev–Trinajstić information content (AvgIpc) is 2.46. The molecule has 0 aliphatic carbocycles. The third kappa shape index (κ3) is 18.9. The van der Waals surface area contributed by atoms with Crippen molar-refractivity contribution in [2.75, 3.05) is 0 Å². The smallest absolute Gasteiger partial charge is 0.303 e. The minimum atomic E-state index is -0.686. The van der Waals surface area contributed by atoms with Crippen LogP contribution in [0.25, 0.3) is 0 Å². The number of carboxylic acid groups (broad SMARTS) is 1. The summed E-state index contributed by atoms with van der Waals surface area (Å²) in [6.07, 6.45) is 20.4. The first-order chi connectivity index (χ1) is 10.3. The molecule has 0 amide bonds. The molecule has 3 nitrogen and oxygen atoms in total. The van der Waals surface area contributed by atoms with Crippen LogP contribution in [0.4, 0.5) is 0 Å². The van der Waals surface area contributed by atoms with Gasteiger partial charge >= 0.3 is 5.97 Å². The zero-order valence-electron chi connectivity index (χ0n) is 13.4. The molecule has 0 aliphatic rings. The molecule has 21 heavy (non-hydrogen) atoms. The largest absolute Gasteiger partial charge is 0.481 e.